The highest BCUT2D eigenvalue weighted by molar-refractivity contribution is 9.11. The maximum Gasteiger partial charge on any atom is 0.407 e. The lowest BCUT2D eigenvalue weighted by Gasteiger charge is -2.35. The van der Waals surface area contributed by atoms with Crippen LogP contribution in [0, 0.1) is 27.1 Å². The van der Waals surface area contributed by atoms with Crippen LogP contribution in [0.5, 0.6) is 5.75 Å². The molecule has 0 fully saturated rings. The summed E-state index contributed by atoms with van der Waals surface area (Å²) in [6.45, 7) is 33.8. The molecule has 1 aliphatic rings. The average molecular weight is 2460 g/mol. The third-order valence-corrected chi connectivity index (χ3v) is 26.1. The van der Waals surface area contributed by atoms with Crippen molar-refractivity contribution >= 4 is 181 Å². The van der Waals surface area contributed by atoms with Crippen molar-refractivity contribution in [2.45, 2.75) is 214 Å². The number of imide groups is 1. The molecule has 5 rings (SSSR count). The van der Waals surface area contributed by atoms with E-state index in [0.29, 0.717) is 70.0 Å². The van der Waals surface area contributed by atoms with Crippen LogP contribution >= 0.6 is 91.4 Å². The Labute approximate surface area is 929 Å². The zero-order valence-electron chi connectivity index (χ0n) is 91.1. The molecule has 0 saturated heterocycles. The standard InChI is InChI=1S/C33H39BrO5S.C20H28BrNO9.C19H34BrNO7.C18H23BrO6.C17H31BrO8/c1-31(2,25-32(3,34)30(36)39-23-22-37-4)29(35)38-21-14-24-40-33(26-15-8-5-9-16-26,27-17-10-6-11-18-27)28-19-12-7-13-20-28;1-19(2,13-20(3,21)18(27)31-10-9-28-4)17(26)30-12-11-29-16(25)7-8-22-14(23)5-6-15(22)24;1-17(2,3)28-16(24)21-9-8-10-26-14(22)18(4,5)13-19(6,20)15(23)27-12-11-25-7;1-17(2,12-18(3,19)16(22)24-10-9-23-4)15(21)25-14-7-5-13(11-20)6-8-14;1-16(2,12-17(3,18)15(20)26-9-7-21-4)14(19)25-10-8-24-11-13(22-5)23-6/h5-13,15-20H,14,21-25H2,1-4H3;5-6H,7-13H2,1-4H3;8-13H2,1-7H3,(H,21,24);5-8,11H,9-10,12H2,1-4H3;13H,7-12H2,1-6H3. The topological polar surface area (TPSA) is 456 Å². The van der Waals surface area contributed by atoms with Gasteiger partial charge in [0, 0.05) is 80.6 Å². The van der Waals surface area contributed by atoms with Crippen LogP contribution in [0.4, 0.5) is 4.79 Å². The molecular formula is C107H155Br5N2O35S. The van der Waals surface area contributed by atoms with Gasteiger partial charge in [0.2, 0.25) is 0 Å². The molecule has 3 amide bonds. The summed E-state index contributed by atoms with van der Waals surface area (Å²) >= 11 is 18.7. The fourth-order valence-electron chi connectivity index (χ4n) is 14.1. The molecule has 1 aliphatic heterocycles. The van der Waals surface area contributed by atoms with Crippen molar-refractivity contribution in [2.24, 2.45) is 27.1 Å². The molecule has 4 aromatic carbocycles. The highest BCUT2D eigenvalue weighted by Crippen LogP contribution is 2.49. The second-order valence-corrected chi connectivity index (χ2v) is 49.5. The van der Waals surface area contributed by atoms with E-state index in [4.69, 9.17) is 94.7 Å². The third kappa shape index (κ3) is 53.4. The minimum atomic E-state index is -1.10. The van der Waals surface area contributed by atoms with Gasteiger partial charge in [-0.1, -0.05) is 171 Å². The molecule has 5 unspecified atom stereocenters. The van der Waals surface area contributed by atoms with Gasteiger partial charge in [0.05, 0.1) is 97.7 Å². The number of thioether (sulfide) groups is 1. The van der Waals surface area contributed by atoms with Gasteiger partial charge in [-0.2, -0.15) is 0 Å². The third-order valence-electron chi connectivity index (χ3n) is 21.5. The first-order valence-corrected chi connectivity index (χ1v) is 53.2. The van der Waals surface area contributed by atoms with Crippen molar-refractivity contribution in [1.82, 2.24) is 10.2 Å². The Bertz CT molecular complexity index is 4720. The quantitative estimate of drug-likeness (QED) is 0.00493. The van der Waals surface area contributed by atoms with Gasteiger partial charge in [-0.25, -0.2) is 4.79 Å². The number of nitrogens with one attached hydrogen (secondary N) is 1. The lowest BCUT2D eigenvalue weighted by atomic mass is 9.83. The van der Waals surface area contributed by atoms with Gasteiger partial charge in [0.1, 0.15) is 92.1 Å². The number of rotatable bonds is 62. The molecule has 37 nitrogen and oxygen atoms in total. The van der Waals surface area contributed by atoms with Gasteiger partial charge in [0.25, 0.3) is 11.8 Å². The molecule has 0 aromatic heterocycles. The molecular weight excluding hydrogens is 2300 g/mol. The Morgan fingerprint density at radius 3 is 0.947 bits per heavy atom. The van der Waals surface area contributed by atoms with E-state index < -0.39 is 143 Å². The van der Waals surface area contributed by atoms with Crippen LogP contribution in [0.15, 0.2) is 127 Å². The number of methoxy groups -OCH3 is 7. The van der Waals surface area contributed by atoms with Crippen LogP contribution in [0.3, 0.4) is 0 Å². The Morgan fingerprint density at radius 2 is 0.640 bits per heavy atom. The Kier molecular flexibility index (Phi) is 64.3. The predicted octanol–water partition coefficient (Wildman–Crippen LogP) is 16.8. The number of esters is 11. The van der Waals surface area contributed by atoms with E-state index in [0.717, 1.165) is 22.8 Å². The van der Waals surface area contributed by atoms with Crippen molar-refractivity contribution < 1.29 is 167 Å². The monoisotopic (exact) mass is 2450 g/mol. The number of alkyl carbamates (subject to hydrolysis) is 1. The molecule has 43 heteroatoms. The SMILES string of the molecule is COCCOC(=O)C(C)(Br)CC(C)(C)C(=O)OCCCNC(=O)OC(C)(C)C.COCCOC(=O)C(C)(Br)CC(C)(C)C(=O)OCCCSC(c1ccccc1)(c1ccccc1)c1ccccc1.COCCOC(=O)C(C)(Br)CC(C)(C)C(=O)OCCOC(=O)CCN1C(=O)C=CC1=O.COCCOC(=O)C(C)(Br)CC(C)(C)C(=O)OCCOCC(OC)OC.COCCOC(=O)C(C)(Br)CC(C)(C)C(=O)Oc1ccc(C=O)cc1. The molecule has 0 aliphatic carbocycles. The maximum absolute atomic E-state index is 13.0. The molecule has 5 atom stereocenters. The molecule has 0 saturated carbocycles. The fraction of sp³-hybridized carbons (Fsp3) is 0.617. The number of aldehydes is 1. The molecule has 844 valence electrons. The minimum absolute atomic E-state index is 0.0827. The average Bonchev–Trinajstić information content (AvgIpc) is 0.772. The number of benzene rings is 4. The highest BCUT2D eigenvalue weighted by atomic mass is 79.9. The first-order valence-electron chi connectivity index (χ1n) is 48.3. The number of alkyl halides is 5. The second kappa shape index (κ2) is 69.2. The number of hydrogen-bond acceptors (Lipinski definition) is 36. The largest absolute Gasteiger partial charge is 0.465 e. The second-order valence-electron chi connectivity index (χ2n) is 39.4. The van der Waals surface area contributed by atoms with E-state index in [9.17, 15) is 71.9 Å². The van der Waals surface area contributed by atoms with E-state index in [-0.39, 0.29) is 130 Å². The lowest BCUT2D eigenvalue weighted by molar-refractivity contribution is -0.162. The van der Waals surface area contributed by atoms with Crippen molar-refractivity contribution in [3.63, 3.8) is 0 Å². The first-order chi connectivity index (χ1) is 70.0. The number of halogens is 5. The summed E-state index contributed by atoms with van der Waals surface area (Å²) in [6, 6.07) is 37.8. The molecule has 1 heterocycles. The summed E-state index contributed by atoms with van der Waals surface area (Å²) < 4.78 is 96.5. The van der Waals surface area contributed by atoms with Gasteiger partial charge in [-0.05, 0) is 216 Å². The van der Waals surface area contributed by atoms with E-state index in [1.807, 2.05) is 30.0 Å². The number of carbonyl (C=O) groups is 15. The number of carbonyl (C=O) groups excluding carboxylic acids is 15. The zero-order chi connectivity index (χ0) is 114. The van der Waals surface area contributed by atoms with Gasteiger partial charge in [0.15, 0.2) is 6.29 Å². The van der Waals surface area contributed by atoms with E-state index in [1.54, 1.807) is 156 Å². The minimum Gasteiger partial charge on any atom is -0.465 e. The van der Waals surface area contributed by atoms with Crippen molar-refractivity contribution in [3.8, 4) is 5.75 Å². The van der Waals surface area contributed by atoms with Gasteiger partial charge >= 0.3 is 71.8 Å². The lowest BCUT2D eigenvalue weighted by Crippen LogP contribution is -2.40. The van der Waals surface area contributed by atoms with Crippen LogP contribution in [0.1, 0.15) is 203 Å². The molecule has 0 radical (unpaired) electrons. The van der Waals surface area contributed by atoms with Gasteiger partial charge in [-0.3, -0.25) is 72.0 Å². The summed E-state index contributed by atoms with van der Waals surface area (Å²) in [4.78, 5) is 181. The summed E-state index contributed by atoms with van der Waals surface area (Å²) in [6.07, 6.45) is 3.90. The normalized spacial score (nSPS) is 14.1. The van der Waals surface area contributed by atoms with Gasteiger partial charge < -0.3 is 100 Å². The van der Waals surface area contributed by atoms with Crippen molar-refractivity contribution in [1.29, 1.82) is 0 Å². The van der Waals surface area contributed by atoms with Crippen LogP contribution in [-0.2, 0) is 157 Å². The number of ether oxygens (including phenoxy) is 20. The van der Waals surface area contributed by atoms with E-state index in [1.165, 1.54) is 59.3 Å². The predicted molar refractivity (Wildman–Crippen MR) is 579 cm³/mol. The summed E-state index contributed by atoms with van der Waals surface area (Å²) in [5.74, 6) is -5.07. The summed E-state index contributed by atoms with van der Waals surface area (Å²) in [5, 5.41) is 2.60. The van der Waals surface area contributed by atoms with Crippen LogP contribution in [0.25, 0.3) is 0 Å². The maximum atomic E-state index is 13.0. The van der Waals surface area contributed by atoms with Gasteiger partial charge in [-0.15, -0.1) is 11.8 Å². The smallest absolute Gasteiger partial charge is 0.407 e. The van der Waals surface area contributed by atoms with Crippen LogP contribution in [-0.4, -0.2) is 309 Å². The first kappa shape index (κ1) is 139. The Morgan fingerprint density at radius 1 is 0.353 bits per heavy atom. The highest BCUT2D eigenvalue weighted by Gasteiger charge is 2.49. The van der Waals surface area contributed by atoms with Crippen LogP contribution < -0.4 is 10.1 Å². The number of nitrogens with zero attached hydrogens (tertiary/aromatic N) is 1. The number of hydrogen-bond donors (Lipinski definition) is 1. The zero-order valence-corrected chi connectivity index (χ0v) is 99.9. The molecule has 1 N–H and O–H groups in total. The molecule has 150 heavy (non-hydrogen) atoms. The van der Waals surface area contributed by atoms with Crippen LogP contribution in [0.2, 0.25) is 0 Å². The Balaban J connectivity index is 0.000000949. The molecule has 0 bridgehead atoms. The van der Waals surface area contributed by atoms with Crippen molar-refractivity contribution in [3.05, 3.63) is 150 Å². The van der Waals surface area contributed by atoms with E-state index in [2.05, 4.69) is 158 Å². The molecule has 4 aromatic rings. The summed E-state index contributed by atoms with van der Waals surface area (Å²) in [7, 11) is 10.6. The summed E-state index contributed by atoms with van der Waals surface area (Å²) in [5.41, 5.74) is -1.11. The number of amides is 3. The fourth-order valence-corrected chi connectivity index (χ4v) is 19.7. The van der Waals surface area contributed by atoms with E-state index >= 15 is 0 Å². The molecule has 0 spiro atoms. The van der Waals surface area contributed by atoms with Crippen molar-refractivity contribution in [2.75, 3.05) is 181 Å². The Hall–Kier alpha value is -8.70.